The second-order valence-electron chi connectivity index (χ2n) is 4.46. The van der Waals surface area contributed by atoms with Gasteiger partial charge in [-0.15, -0.1) is 0 Å². The number of carbonyl (C=O) groups excluding carboxylic acids is 1. The van der Waals surface area contributed by atoms with E-state index in [0.717, 1.165) is 0 Å². The number of hydrogen-bond acceptors (Lipinski definition) is 3. The molecule has 5 heteroatoms. The van der Waals surface area contributed by atoms with E-state index in [0.29, 0.717) is 42.1 Å². The van der Waals surface area contributed by atoms with Gasteiger partial charge in [0, 0.05) is 47.4 Å². The normalized spacial score (nSPS) is 15.6. The molecule has 1 heterocycles. The maximum atomic E-state index is 12.5. The summed E-state index contributed by atoms with van der Waals surface area (Å²) >= 11 is 0. The molecule has 0 unspecified atom stereocenters. The highest BCUT2D eigenvalue weighted by molar-refractivity contribution is 7.85. The molecular weight excluding hydrogens is 274 g/mol. The van der Waals surface area contributed by atoms with Crippen LogP contribution in [0.1, 0.15) is 22.3 Å². The van der Waals surface area contributed by atoms with Crippen LogP contribution in [0.4, 0.5) is 0 Å². The summed E-state index contributed by atoms with van der Waals surface area (Å²) in [6, 6.07) is 7.22. The van der Waals surface area contributed by atoms with Crippen molar-refractivity contribution in [2.75, 3.05) is 31.2 Å². The monoisotopic (exact) mass is 291 g/mol. The van der Waals surface area contributed by atoms with Crippen molar-refractivity contribution >= 4 is 16.7 Å². The Bertz CT molecular complexity index is 564. The molecule has 0 spiro atoms. The lowest BCUT2D eigenvalue weighted by Crippen LogP contribution is -2.42. The lowest BCUT2D eigenvalue weighted by molar-refractivity contribution is 0.0771. The van der Waals surface area contributed by atoms with Crippen LogP contribution < -0.4 is 0 Å². The summed E-state index contributed by atoms with van der Waals surface area (Å²) in [5, 5.41) is 8.74. The minimum absolute atomic E-state index is 0.0149. The third kappa shape index (κ3) is 3.69. The zero-order valence-corrected chi connectivity index (χ0v) is 12.0. The molecule has 106 valence electrons. The molecule has 20 heavy (non-hydrogen) atoms. The summed E-state index contributed by atoms with van der Waals surface area (Å²) in [5.74, 6) is 6.79. The van der Waals surface area contributed by atoms with Gasteiger partial charge in [0.25, 0.3) is 5.91 Å². The molecule has 1 aromatic rings. The van der Waals surface area contributed by atoms with Crippen molar-refractivity contribution in [1.82, 2.24) is 4.90 Å². The number of carbonyl (C=O) groups is 1. The summed E-state index contributed by atoms with van der Waals surface area (Å²) < 4.78 is 11.3. The van der Waals surface area contributed by atoms with Gasteiger partial charge in [0.2, 0.25) is 0 Å². The number of benzene rings is 1. The van der Waals surface area contributed by atoms with Crippen molar-refractivity contribution in [1.29, 1.82) is 0 Å². The Balaban J connectivity index is 2.18. The van der Waals surface area contributed by atoms with Gasteiger partial charge in [-0.05, 0) is 12.1 Å². The molecule has 2 rings (SSSR count). The van der Waals surface area contributed by atoms with Crippen molar-refractivity contribution in [3.8, 4) is 11.8 Å². The molecule has 0 bridgehead atoms. The Hall–Kier alpha value is -1.64. The van der Waals surface area contributed by atoms with Crippen LogP contribution in [0.3, 0.4) is 0 Å². The van der Waals surface area contributed by atoms with E-state index in [1.54, 1.807) is 17.0 Å². The highest BCUT2D eigenvalue weighted by Gasteiger charge is 2.22. The number of amides is 1. The Morgan fingerprint density at radius 2 is 2.00 bits per heavy atom. The molecular formula is C15H17NO3S. The van der Waals surface area contributed by atoms with Crippen molar-refractivity contribution in [2.24, 2.45) is 0 Å². The first kappa shape index (κ1) is 14.8. The van der Waals surface area contributed by atoms with Crippen LogP contribution in [0.25, 0.3) is 0 Å². The number of nitrogens with zero attached hydrogens (tertiary/aromatic N) is 1. The minimum atomic E-state index is -0.795. The lowest BCUT2D eigenvalue weighted by Gasteiger charge is -2.26. The molecule has 4 nitrogen and oxygen atoms in total. The molecule has 1 saturated heterocycles. The first-order valence-corrected chi connectivity index (χ1v) is 8.04. The predicted octanol–water partition coefficient (Wildman–Crippen LogP) is 0.625. The van der Waals surface area contributed by atoms with E-state index >= 15 is 0 Å². The summed E-state index contributed by atoms with van der Waals surface area (Å²) in [6.45, 7) is 1.08. The topological polar surface area (TPSA) is 57.6 Å². The average molecular weight is 291 g/mol. The maximum absolute atomic E-state index is 12.5. The van der Waals surface area contributed by atoms with Gasteiger partial charge in [0.05, 0.1) is 12.2 Å². The van der Waals surface area contributed by atoms with Gasteiger partial charge in [-0.1, -0.05) is 24.0 Å². The van der Waals surface area contributed by atoms with Crippen LogP contribution in [0.2, 0.25) is 0 Å². The quantitative estimate of drug-likeness (QED) is 0.813. The summed E-state index contributed by atoms with van der Waals surface area (Å²) in [7, 11) is -0.795. The van der Waals surface area contributed by atoms with Crippen molar-refractivity contribution in [3.05, 3.63) is 35.4 Å². The van der Waals surface area contributed by atoms with E-state index in [-0.39, 0.29) is 12.5 Å². The SMILES string of the molecule is O=C(c1ccccc1C#CCCO)N1CCS(=O)CC1. The fourth-order valence-corrected chi connectivity index (χ4v) is 3.06. The molecule has 0 atom stereocenters. The standard InChI is InChI=1S/C15H17NO3S/c17-10-4-3-6-13-5-1-2-7-14(13)15(18)16-8-11-20(19)12-9-16/h1-2,5,7,17H,4,8-12H2. The van der Waals surface area contributed by atoms with Crippen LogP contribution in [-0.4, -0.2) is 51.3 Å². The third-order valence-corrected chi connectivity index (χ3v) is 4.36. The number of hydrogen-bond donors (Lipinski definition) is 1. The zero-order chi connectivity index (χ0) is 14.4. The molecule has 1 aliphatic heterocycles. The molecule has 0 radical (unpaired) electrons. The Labute approximate surface area is 121 Å². The molecule has 1 fully saturated rings. The zero-order valence-electron chi connectivity index (χ0n) is 11.2. The molecule has 1 N–H and O–H groups in total. The van der Waals surface area contributed by atoms with Crippen LogP contribution in [0.15, 0.2) is 24.3 Å². The first-order chi connectivity index (χ1) is 9.72. The van der Waals surface area contributed by atoms with Crippen LogP contribution in [-0.2, 0) is 10.8 Å². The summed E-state index contributed by atoms with van der Waals surface area (Å²) in [6.07, 6.45) is 0.394. The average Bonchev–Trinajstić information content (AvgIpc) is 2.48. The molecule has 1 amide bonds. The van der Waals surface area contributed by atoms with E-state index in [1.807, 2.05) is 12.1 Å². The number of aliphatic hydroxyl groups is 1. The van der Waals surface area contributed by atoms with Gasteiger partial charge in [-0.25, -0.2) is 0 Å². The maximum Gasteiger partial charge on any atom is 0.255 e. The second-order valence-corrected chi connectivity index (χ2v) is 6.16. The second kappa shape index (κ2) is 7.22. The van der Waals surface area contributed by atoms with Crippen LogP contribution >= 0.6 is 0 Å². The van der Waals surface area contributed by atoms with E-state index in [9.17, 15) is 9.00 Å². The molecule has 0 aliphatic carbocycles. The van der Waals surface area contributed by atoms with Gasteiger partial charge in [0.1, 0.15) is 0 Å². The first-order valence-electron chi connectivity index (χ1n) is 6.55. The third-order valence-electron chi connectivity index (χ3n) is 3.08. The number of aliphatic hydroxyl groups excluding tert-OH is 1. The minimum Gasteiger partial charge on any atom is -0.395 e. The molecule has 1 aromatic carbocycles. The smallest absolute Gasteiger partial charge is 0.255 e. The van der Waals surface area contributed by atoms with Crippen molar-refractivity contribution in [3.63, 3.8) is 0 Å². The summed E-state index contributed by atoms with van der Waals surface area (Å²) in [4.78, 5) is 14.2. The Morgan fingerprint density at radius 1 is 1.30 bits per heavy atom. The fourth-order valence-electron chi connectivity index (χ4n) is 2.00. The Kier molecular flexibility index (Phi) is 5.33. The lowest BCUT2D eigenvalue weighted by atomic mass is 10.1. The van der Waals surface area contributed by atoms with Crippen molar-refractivity contribution in [2.45, 2.75) is 6.42 Å². The highest BCUT2D eigenvalue weighted by atomic mass is 32.2. The van der Waals surface area contributed by atoms with Crippen LogP contribution in [0.5, 0.6) is 0 Å². The van der Waals surface area contributed by atoms with Gasteiger partial charge in [-0.3, -0.25) is 9.00 Å². The Morgan fingerprint density at radius 3 is 2.70 bits per heavy atom. The van der Waals surface area contributed by atoms with Gasteiger partial charge in [-0.2, -0.15) is 0 Å². The fraction of sp³-hybridized carbons (Fsp3) is 0.400. The van der Waals surface area contributed by atoms with Gasteiger partial charge < -0.3 is 10.0 Å². The highest BCUT2D eigenvalue weighted by Crippen LogP contribution is 2.13. The van der Waals surface area contributed by atoms with Crippen LogP contribution in [0, 0.1) is 11.8 Å². The molecule has 1 aliphatic rings. The predicted molar refractivity (Wildman–Crippen MR) is 78.8 cm³/mol. The number of rotatable bonds is 2. The molecule has 0 saturated carbocycles. The van der Waals surface area contributed by atoms with Gasteiger partial charge in [0.15, 0.2) is 0 Å². The van der Waals surface area contributed by atoms with Crippen molar-refractivity contribution < 1.29 is 14.1 Å². The van der Waals surface area contributed by atoms with Gasteiger partial charge >= 0.3 is 0 Å². The van der Waals surface area contributed by atoms with E-state index < -0.39 is 10.8 Å². The van der Waals surface area contributed by atoms with E-state index in [4.69, 9.17) is 5.11 Å². The molecule has 0 aromatic heterocycles. The van der Waals surface area contributed by atoms with E-state index in [2.05, 4.69) is 11.8 Å². The largest absolute Gasteiger partial charge is 0.395 e. The van der Waals surface area contributed by atoms with E-state index in [1.165, 1.54) is 0 Å². The summed E-state index contributed by atoms with van der Waals surface area (Å²) in [5.41, 5.74) is 1.25.